The van der Waals surface area contributed by atoms with Gasteiger partial charge in [-0.1, -0.05) is 145 Å². The Kier molecular flexibility index (Phi) is 29.4. The fourth-order valence-corrected chi connectivity index (χ4v) is 17.3. The van der Waals surface area contributed by atoms with E-state index in [4.69, 9.17) is 57.4 Å². The van der Waals surface area contributed by atoms with Gasteiger partial charge in [0, 0.05) is 24.0 Å². The third-order valence-electron chi connectivity index (χ3n) is 20.6. The van der Waals surface area contributed by atoms with Gasteiger partial charge in [-0.3, -0.25) is 24.2 Å². The molecule has 108 heavy (non-hydrogen) atoms. The number of hydrogen-bond donors (Lipinski definition) is 5. The fourth-order valence-electron chi connectivity index (χ4n) is 11.5. The van der Waals surface area contributed by atoms with Crippen molar-refractivity contribution in [3.63, 3.8) is 0 Å². The second kappa shape index (κ2) is 36.5. The van der Waals surface area contributed by atoms with Crippen molar-refractivity contribution in [1.82, 2.24) is 39.4 Å². The minimum absolute atomic E-state index is 0.0426. The minimum atomic E-state index is -4.22. The van der Waals surface area contributed by atoms with Crippen LogP contribution in [-0.4, -0.2) is 131 Å². The van der Waals surface area contributed by atoms with Crippen molar-refractivity contribution in [2.45, 2.75) is 207 Å². The number of nitrogens with one attached hydrogen (secondary N) is 2. The van der Waals surface area contributed by atoms with E-state index in [0.717, 1.165) is 25.7 Å². The molecule has 0 bridgehead atoms. The highest BCUT2D eigenvalue weighted by molar-refractivity contribution is 7.52. The molecule has 2 aliphatic rings. The molecule has 2 aliphatic heterocycles. The van der Waals surface area contributed by atoms with Crippen LogP contribution in [-0.2, 0) is 62.2 Å². The van der Waals surface area contributed by atoms with Gasteiger partial charge in [0.2, 0.25) is 11.2 Å². The van der Waals surface area contributed by atoms with Crippen LogP contribution >= 0.6 is 15.5 Å². The number of anilines is 2. The number of nitrogens with two attached hydrogens (primary N) is 2. The van der Waals surface area contributed by atoms with E-state index >= 15 is 0 Å². The first-order chi connectivity index (χ1) is 50.7. The number of ether oxygens (including phenoxy) is 4. The molecule has 2 fully saturated rings. The van der Waals surface area contributed by atoms with Crippen molar-refractivity contribution in [2.75, 3.05) is 37.9 Å². The number of nitrogen functional groups attached to an aromatic ring is 2. The van der Waals surface area contributed by atoms with Crippen molar-refractivity contribution in [3.05, 3.63) is 143 Å². The maximum atomic E-state index is 14.4. The van der Waals surface area contributed by atoms with Gasteiger partial charge in [-0.05, 0) is 123 Å². The van der Waals surface area contributed by atoms with E-state index in [1.54, 1.807) is 101 Å². The smallest absolute Gasteiger partial charge is 0.464 e. The molecule has 588 valence electrons. The summed E-state index contributed by atoms with van der Waals surface area (Å²) in [5.74, 6) is -0.105. The molecule has 2 saturated heterocycles. The molecule has 0 amide bonds. The standard InChI is InChI=1S/C34H51N6O7PSi.C21H27N2O7P.C19H29N5O3Si/c1-10-25(11-2)19-43-32(41)24(4)39-48(42,46-26-15-13-12-14-16-26)44-20-28-23(3)30(47-49(8,9)33(5,6)7)34(21-35,45-28)29-18-17-27-31(36)37-22-38-40(27)29;1-4-17(5-2)15-28-21(24)16(3)22-31(27,29-19-9-7-6-8-10-19)30-20-13-11-18(12-14-20)23(25)26;1-12-14(9-25)26-19(10-20,16(12)27-28(5,6)18(2,3)4)15-8-7-13-17(21)22-11-23-24(13)15/h12-18,22-25,28,30H,10-11,19-20H2,1-9H3,(H,39,42)(H2,36,37,38);6-14,16-17H,4-5,15H2,1-3H3,(H,22,27);7-8,11-12,14,16,25H,9H2,1-6H3,(H2,21,22,23)/t23-,24+,28-,30?,34+,48+;16-,31-;12-,14-,16?,19+/m101/s1. The number of benzene rings is 3. The molecule has 0 radical (unpaired) electrons. The zero-order valence-corrected chi connectivity index (χ0v) is 68.8. The topological polar surface area (TPSA) is 408 Å². The van der Waals surface area contributed by atoms with Crippen molar-refractivity contribution in [3.8, 4) is 29.4 Å². The largest absolute Gasteiger partial charge is 0.513 e. The van der Waals surface area contributed by atoms with E-state index in [1.807, 2.05) is 41.5 Å². The van der Waals surface area contributed by atoms with Gasteiger partial charge in [0.15, 0.2) is 28.3 Å². The number of nitriles is 2. The Morgan fingerprint density at radius 3 is 1.37 bits per heavy atom. The van der Waals surface area contributed by atoms with Crippen LogP contribution in [0.5, 0.6) is 17.2 Å². The molecule has 30 nitrogen and oxygen atoms in total. The van der Waals surface area contributed by atoms with Crippen LogP contribution < -0.4 is 35.2 Å². The summed E-state index contributed by atoms with van der Waals surface area (Å²) in [7, 11) is -13.0. The predicted molar refractivity (Wildman–Crippen MR) is 413 cm³/mol. The molecular formula is C74H107N13O17P2Si2. The number of nitrogens with zero attached hydrogens (tertiary/aromatic N) is 9. The monoisotopic (exact) mass is 1570 g/mol. The zero-order chi connectivity index (χ0) is 80.0. The number of rotatable bonds is 31. The first-order valence-electron chi connectivity index (χ1n) is 36.2. The van der Waals surface area contributed by atoms with Crippen LogP contribution in [0.25, 0.3) is 11.0 Å². The lowest BCUT2D eigenvalue weighted by Crippen LogP contribution is -2.51. The van der Waals surface area contributed by atoms with Crippen LogP contribution in [0.4, 0.5) is 17.3 Å². The molecule has 7 aromatic rings. The lowest BCUT2D eigenvalue weighted by molar-refractivity contribution is -0.384. The van der Waals surface area contributed by atoms with E-state index in [1.165, 1.54) is 43.8 Å². The van der Waals surface area contributed by atoms with Crippen LogP contribution in [0.3, 0.4) is 0 Å². The summed E-state index contributed by atoms with van der Waals surface area (Å²) < 4.78 is 91.4. The average molecular weight is 1570 g/mol. The molecule has 12 atom stereocenters. The molecule has 0 aliphatic carbocycles. The number of aromatic nitrogens is 6. The summed E-state index contributed by atoms with van der Waals surface area (Å²) in [6, 6.07) is 31.7. The van der Waals surface area contributed by atoms with Crippen LogP contribution in [0.2, 0.25) is 36.3 Å². The van der Waals surface area contributed by atoms with Crippen molar-refractivity contribution >= 4 is 72.4 Å². The summed E-state index contributed by atoms with van der Waals surface area (Å²) in [6.07, 6.45) is 3.55. The summed E-state index contributed by atoms with van der Waals surface area (Å²) in [5.41, 5.74) is 11.0. The number of carbonyl (C=O) groups is 2. The van der Waals surface area contributed by atoms with Crippen molar-refractivity contribution in [1.29, 1.82) is 10.5 Å². The zero-order valence-electron chi connectivity index (χ0n) is 65.0. The number of aliphatic hydroxyl groups is 1. The van der Waals surface area contributed by atoms with Crippen molar-refractivity contribution in [2.24, 2.45) is 23.7 Å². The number of esters is 2. The third kappa shape index (κ3) is 20.6. The van der Waals surface area contributed by atoms with Gasteiger partial charge in [0.1, 0.15) is 65.2 Å². The predicted octanol–water partition coefficient (Wildman–Crippen LogP) is 14.2. The molecule has 2 unspecified atom stereocenters. The Bertz CT molecular complexity index is 4340. The molecule has 34 heteroatoms. The Morgan fingerprint density at radius 2 is 1.00 bits per heavy atom. The van der Waals surface area contributed by atoms with Gasteiger partial charge in [0.05, 0.1) is 67.2 Å². The van der Waals surface area contributed by atoms with E-state index in [-0.39, 0.29) is 83.0 Å². The molecular weight excluding hydrogens is 1460 g/mol. The molecule has 4 aromatic heterocycles. The number of non-ortho nitro benzene ring substituents is 1. The van der Waals surface area contributed by atoms with Crippen LogP contribution in [0.1, 0.15) is 134 Å². The summed E-state index contributed by atoms with van der Waals surface area (Å²) >= 11 is 0. The third-order valence-corrected chi connectivity index (χ3v) is 32.7. The summed E-state index contributed by atoms with van der Waals surface area (Å²) in [5, 5.41) is 55.7. The SMILES string of the molecule is CCC(CC)COC(=O)[C@H](C)N[P@](=O)(OC[C@H]1O[C@@](C#N)(c2ccc3c(N)ncnn23)C(O[Si](C)(C)C(C)(C)C)[C@@H]1C)Oc1ccccc1.CCC(CC)COC(=O)[C@H](C)N[P@](=O)(Oc1ccccc1)Oc1ccc([N+](=O)[O-])cc1.C[C@H]1C(O[Si](C)(C)C(C)(C)C)[C@](C#N)(c2ccc3c(N)ncnn23)O[C@@H]1CO. The Balaban J connectivity index is 0.000000238. The summed E-state index contributed by atoms with van der Waals surface area (Å²) in [6.45, 7) is 36.4. The molecule has 7 N–H and O–H groups in total. The van der Waals surface area contributed by atoms with E-state index in [2.05, 4.69) is 110 Å². The average Bonchev–Trinajstić information content (AvgIpc) is 1.57. The molecule has 9 rings (SSSR count). The number of fused-ring (bicyclic) bond motifs is 2. The first-order valence-corrected chi connectivity index (χ1v) is 45.1. The molecule has 3 aromatic carbocycles. The molecule has 6 heterocycles. The maximum absolute atomic E-state index is 14.4. The Labute approximate surface area is 634 Å². The number of hydrogen-bond acceptors (Lipinski definition) is 25. The highest BCUT2D eigenvalue weighted by Gasteiger charge is 2.62. The van der Waals surface area contributed by atoms with Gasteiger partial charge >= 0.3 is 27.4 Å². The number of carbonyl (C=O) groups excluding carboxylic acids is 2. The highest BCUT2D eigenvalue weighted by Crippen LogP contribution is 2.53. The van der Waals surface area contributed by atoms with Crippen LogP contribution in [0, 0.1) is 56.4 Å². The lowest BCUT2D eigenvalue weighted by Gasteiger charge is -2.42. The second-order valence-corrected chi connectivity index (χ2v) is 42.9. The molecule has 0 saturated carbocycles. The second-order valence-electron chi connectivity index (χ2n) is 30.1. The van der Waals surface area contributed by atoms with Gasteiger partial charge in [0.25, 0.3) is 5.69 Å². The summed E-state index contributed by atoms with van der Waals surface area (Å²) in [4.78, 5) is 43.7. The van der Waals surface area contributed by atoms with Gasteiger partial charge in [-0.2, -0.15) is 30.9 Å². The highest BCUT2D eigenvalue weighted by atomic mass is 31.2. The number of nitro groups is 1. The first kappa shape index (κ1) is 87.0. The quantitative estimate of drug-likeness (QED) is 0.00885. The normalized spacial score (nSPS) is 21.9. The number of nitro benzene ring substituents is 1. The lowest BCUT2D eigenvalue weighted by atomic mass is 9.88. The maximum Gasteiger partial charge on any atom is 0.513 e. The Hall–Kier alpha value is -8.21. The van der Waals surface area contributed by atoms with E-state index in [0.29, 0.717) is 28.2 Å². The van der Waals surface area contributed by atoms with Crippen molar-refractivity contribution < 1.29 is 74.6 Å². The van der Waals surface area contributed by atoms with Gasteiger partial charge in [-0.25, -0.2) is 28.1 Å². The van der Waals surface area contributed by atoms with Gasteiger partial charge < -0.3 is 57.9 Å². The minimum Gasteiger partial charge on any atom is -0.464 e. The van der Waals surface area contributed by atoms with E-state index in [9.17, 15) is 44.5 Å². The Morgan fingerprint density at radius 1 is 0.630 bits per heavy atom. The molecule has 0 spiro atoms. The van der Waals surface area contributed by atoms with E-state index < -0.39 is 103 Å². The number of para-hydroxylation sites is 2. The van der Waals surface area contributed by atoms with Gasteiger partial charge in [-0.15, -0.1) is 0 Å². The fraction of sp³-hybridized carbons (Fsp3) is 0.541. The number of aliphatic hydroxyl groups excluding tert-OH is 1. The van der Waals surface area contributed by atoms with Crippen LogP contribution in [0.15, 0.2) is 122 Å².